The molecule has 0 radical (unpaired) electrons. The van der Waals surface area contributed by atoms with E-state index in [2.05, 4.69) is 5.32 Å². The summed E-state index contributed by atoms with van der Waals surface area (Å²) in [5.41, 5.74) is 0.298. The average Bonchev–Trinajstić information content (AvgIpc) is 2.30. The van der Waals surface area contributed by atoms with Gasteiger partial charge in [0.05, 0.1) is 10.7 Å². The summed E-state index contributed by atoms with van der Waals surface area (Å²) in [7, 11) is 0. The lowest BCUT2D eigenvalue weighted by Crippen LogP contribution is -2.28. The van der Waals surface area contributed by atoms with E-state index in [9.17, 15) is 4.39 Å². The third-order valence-electron chi connectivity index (χ3n) is 2.47. The van der Waals surface area contributed by atoms with Crippen molar-refractivity contribution in [1.82, 2.24) is 0 Å². The molecule has 0 atom stereocenters. The number of rotatable bonds is 0. The van der Waals surface area contributed by atoms with Crippen LogP contribution in [0.25, 0.3) is 0 Å². The number of ether oxygens (including phenoxy) is 1. The van der Waals surface area contributed by atoms with E-state index in [0.29, 0.717) is 5.69 Å². The minimum Gasteiger partial charge on any atom is -0.482 e. The molecule has 1 aliphatic heterocycles. The van der Waals surface area contributed by atoms with Gasteiger partial charge in [-0.25, -0.2) is 4.39 Å². The molecule has 2 nitrogen and oxygen atoms in total. The highest BCUT2D eigenvalue weighted by Gasteiger charge is 2.27. The molecular formula is C11H13ClFNO. The van der Waals surface area contributed by atoms with E-state index in [0.717, 1.165) is 13.0 Å². The minimum atomic E-state index is -0.489. The summed E-state index contributed by atoms with van der Waals surface area (Å²) in [4.78, 5) is 0. The summed E-state index contributed by atoms with van der Waals surface area (Å²) in [5.74, 6) is -0.262. The molecule has 0 saturated heterocycles. The van der Waals surface area contributed by atoms with Gasteiger partial charge in [-0.15, -0.1) is 0 Å². The number of nitrogens with one attached hydrogen (secondary N) is 1. The second kappa shape index (κ2) is 3.56. The number of hydrogen-bond acceptors (Lipinski definition) is 2. The highest BCUT2D eigenvalue weighted by molar-refractivity contribution is 6.31. The van der Waals surface area contributed by atoms with Crippen LogP contribution in [0.4, 0.5) is 10.1 Å². The van der Waals surface area contributed by atoms with Gasteiger partial charge in [-0.05, 0) is 26.0 Å². The van der Waals surface area contributed by atoms with Crippen LogP contribution in [-0.4, -0.2) is 12.1 Å². The summed E-state index contributed by atoms with van der Waals surface area (Å²) in [6.07, 6.45) is 0.818. The van der Waals surface area contributed by atoms with Gasteiger partial charge in [0, 0.05) is 13.0 Å². The summed E-state index contributed by atoms with van der Waals surface area (Å²) in [6, 6.07) is 3.27. The molecule has 0 fully saturated rings. The summed E-state index contributed by atoms with van der Waals surface area (Å²) in [6.45, 7) is 4.63. The van der Waals surface area contributed by atoms with Gasteiger partial charge in [0.2, 0.25) is 0 Å². The minimum absolute atomic E-state index is 0.0910. The fraction of sp³-hybridized carbons (Fsp3) is 0.455. The fourth-order valence-electron chi connectivity index (χ4n) is 1.60. The fourth-order valence-corrected chi connectivity index (χ4v) is 1.75. The Morgan fingerprint density at radius 1 is 1.47 bits per heavy atom. The molecule has 1 aliphatic rings. The molecule has 2 rings (SSSR count). The molecule has 1 heterocycles. The van der Waals surface area contributed by atoms with Gasteiger partial charge in [0.15, 0.2) is 11.6 Å². The molecular weight excluding hydrogens is 217 g/mol. The zero-order valence-electron chi connectivity index (χ0n) is 8.73. The molecule has 4 heteroatoms. The Morgan fingerprint density at radius 2 is 2.20 bits per heavy atom. The number of fused-ring (bicyclic) bond motifs is 1. The first-order chi connectivity index (χ1) is 6.99. The third kappa shape index (κ3) is 2.02. The average molecular weight is 230 g/mol. The van der Waals surface area contributed by atoms with Crippen LogP contribution in [0.3, 0.4) is 0 Å². The monoisotopic (exact) mass is 229 g/mol. The van der Waals surface area contributed by atoms with E-state index >= 15 is 0 Å². The van der Waals surface area contributed by atoms with Gasteiger partial charge in [0.25, 0.3) is 0 Å². The predicted octanol–water partition coefficient (Wildman–Crippen LogP) is 3.45. The first-order valence-electron chi connectivity index (χ1n) is 4.90. The van der Waals surface area contributed by atoms with Crippen LogP contribution in [-0.2, 0) is 0 Å². The van der Waals surface area contributed by atoms with Crippen molar-refractivity contribution in [1.29, 1.82) is 0 Å². The number of anilines is 1. The largest absolute Gasteiger partial charge is 0.482 e. The smallest absolute Gasteiger partial charge is 0.185 e. The normalized spacial score (nSPS) is 18.4. The zero-order valence-corrected chi connectivity index (χ0v) is 9.49. The Bertz CT molecular complexity index is 392. The van der Waals surface area contributed by atoms with Crippen molar-refractivity contribution in [2.45, 2.75) is 25.9 Å². The van der Waals surface area contributed by atoms with Crippen molar-refractivity contribution in [3.8, 4) is 5.75 Å². The molecule has 0 aromatic heterocycles. The summed E-state index contributed by atoms with van der Waals surface area (Å²) >= 11 is 5.71. The van der Waals surface area contributed by atoms with E-state index in [4.69, 9.17) is 16.3 Å². The predicted molar refractivity (Wildman–Crippen MR) is 59.2 cm³/mol. The lowest BCUT2D eigenvalue weighted by Gasteiger charge is -2.24. The van der Waals surface area contributed by atoms with Crippen LogP contribution >= 0.6 is 11.6 Å². The number of benzene rings is 1. The van der Waals surface area contributed by atoms with Gasteiger partial charge in [0.1, 0.15) is 5.60 Å². The van der Waals surface area contributed by atoms with Crippen molar-refractivity contribution in [3.05, 3.63) is 23.0 Å². The molecule has 0 spiro atoms. The van der Waals surface area contributed by atoms with Crippen LogP contribution in [0.15, 0.2) is 12.1 Å². The van der Waals surface area contributed by atoms with E-state index in [1.165, 1.54) is 6.07 Å². The van der Waals surface area contributed by atoms with Crippen LogP contribution in [0, 0.1) is 5.82 Å². The van der Waals surface area contributed by atoms with Gasteiger partial charge < -0.3 is 10.1 Å². The summed E-state index contributed by atoms with van der Waals surface area (Å²) < 4.78 is 19.3. The standard InChI is InChI=1S/C11H13ClFNO/c1-11(2)5-6-14-8-4-3-7(12)9(13)10(8)15-11/h3-4,14H,5-6H2,1-2H3. The van der Waals surface area contributed by atoms with E-state index in [1.807, 2.05) is 13.8 Å². The highest BCUT2D eigenvalue weighted by atomic mass is 35.5. The van der Waals surface area contributed by atoms with Gasteiger partial charge in [-0.3, -0.25) is 0 Å². The number of halogens is 2. The van der Waals surface area contributed by atoms with Crippen LogP contribution in [0.2, 0.25) is 5.02 Å². The molecule has 0 amide bonds. The maximum Gasteiger partial charge on any atom is 0.185 e. The van der Waals surface area contributed by atoms with Crippen LogP contribution < -0.4 is 10.1 Å². The first kappa shape index (κ1) is 10.6. The second-order valence-electron chi connectivity index (χ2n) is 4.28. The van der Waals surface area contributed by atoms with Crippen molar-refractivity contribution in [2.75, 3.05) is 11.9 Å². The second-order valence-corrected chi connectivity index (χ2v) is 4.68. The maximum absolute atomic E-state index is 13.7. The zero-order chi connectivity index (χ0) is 11.1. The van der Waals surface area contributed by atoms with Crippen molar-refractivity contribution < 1.29 is 9.13 Å². The Balaban J connectivity index is 2.49. The Morgan fingerprint density at radius 3 is 2.93 bits per heavy atom. The van der Waals surface area contributed by atoms with Gasteiger partial charge in [-0.1, -0.05) is 11.6 Å². The molecule has 1 N–H and O–H groups in total. The topological polar surface area (TPSA) is 21.3 Å². The SMILES string of the molecule is CC1(C)CCNc2ccc(Cl)c(F)c2O1. The Hall–Kier alpha value is -0.960. The van der Waals surface area contributed by atoms with Crippen LogP contribution in [0.1, 0.15) is 20.3 Å². The lowest BCUT2D eigenvalue weighted by atomic mass is 10.1. The molecule has 82 valence electrons. The van der Waals surface area contributed by atoms with Gasteiger partial charge in [-0.2, -0.15) is 0 Å². The third-order valence-corrected chi connectivity index (χ3v) is 2.76. The van der Waals surface area contributed by atoms with Gasteiger partial charge >= 0.3 is 0 Å². The Labute approximate surface area is 93.4 Å². The molecule has 0 unspecified atom stereocenters. The summed E-state index contributed by atoms with van der Waals surface area (Å²) in [5, 5.41) is 3.22. The molecule has 0 saturated carbocycles. The van der Waals surface area contributed by atoms with Crippen LogP contribution in [0.5, 0.6) is 5.75 Å². The van der Waals surface area contributed by atoms with Crippen molar-refractivity contribution >= 4 is 17.3 Å². The number of hydrogen-bond donors (Lipinski definition) is 1. The van der Waals surface area contributed by atoms with Crippen molar-refractivity contribution in [2.24, 2.45) is 0 Å². The first-order valence-corrected chi connectivity index (χ1v) is 5.28. The molecule has 15 heavy (non-hydrogen) atoms. The highest BCUT2D eigenvalue weighted by Crippen LogP contribution is 2.37. The molecule has 1 aromatic carbocycles. The molecule has 1 aromatic rings. The van der Waals surface area contributed by atoms with E-state index < -0.39 is 5.82 Å². The van der Waals surface area contributed by atoms with E-state index in [-0.39, 0.29) is 16.4 Å². The quantitative estimate of drug-likeness (QED) is 0.736. The lowest BCUT2D eigenvalue weighted by molar-refractivity contribution is 0.103. The van der Waals surface area contributed by atoms with E-state index in [1.54, 1.807) is 6.07 Å². The molecule has 0 aliphatic carbocycles. The molecule has 0 bridgehead atoms. The Kier molecular flexibility index (Phi) is 2.51. The maximum atomic E-state index is 13.7. The van der Waals surface area contributed by atoms with Crippen molar-refractivity contribution in [3.63, 3.8) is 0 Å².